The van der Waals surface area contributed by atoms with Crippen LogP contribution in [0.3, 0.4) is 0 Å². The average Bonchev–Trinajstić information content (AvgIpc) is 2.96. The third-order valence-electron chi connectivity index (χ3n) is 4.28. The van der Waals surface area contributed by atoms with Crippen LogP contribution < -0.4 is 11.1 Å². The lowest BCUT2D eigenvalue weighted by Crippen LogP contribution is -2.28. The lowest BCUT2D eigenvalue weighted by atomic mass is 9.93. The van der Waals surface area contributed by atoms with E-state index in [1.165, 1.54) is 0 Å². The summed E-state index contributed by atoms with van der Waals surface area (Å²) in [7, 11) is 0. The predicted molar refractivity (Wildman–Crippen MR) is 104 cm³/mol. The molecule has 0 aliphatic carbocycles. The fraction of sp³-hybridized carbons (Fsp3) is 0.176. The second-order valence-corrected chi connectivity index (χ2v) is 7.65. The first-order chi connectivity index (χ1) is 12.0. The molecule has 0 amide bonds. The lowest BCUT2D eigenvalue weighted by molar-refractivity contribution is 0.431. The van der Waals surface area contributed by atoms with Gasteiger partial charge in [0.1, 0.15) is 0 Å². The highest BCUT2D eigenvalue weighted by molar-refractivity contribution is 9.10. The van der Waals surface area contributed by atoms with Crippen LogP contribution in [0.2, 0.25) is 10.0 Å². The fourth-order valence-corrected chi connectivity index (χ4v) is 3.86. The van der Waals surface area contributed by atoms with Gasteiger partial charge in [0.15, 0.2) is 0 Å². The summed E-state index contributed by atoms with van der Waals surface area (Å²) in [6.07, 6.45) is 0.782. The van der Waals surface area contributed by atoms with E-state index in [2.05, 4.69) is 43.5 Å². The molecule has 3 aromatic rings. The number of halogens is 3. The van der Waals surface area contributed by atoms with Gasteiger partial charge in [-0.1, -0.05) is 57.3 Å². The van der Waals surface area contributed by atoms with Crippen LogP contribution in [0.15, 0.2) is 46.9 Å². The molecule has 4 rings (SSSR count). The molecule has 1 aromatic heterocycles. The predicted octanol–water partition coefficient (Wildman–Crippen LogP) is 5.08. The van der Waals surface area contributed by atoms with E-state index >= 15 is 0 Å². The molecule has 5 nitrogen and oxygen atoms in total. The first-order valence-corrected chi connectivity index (χ1v) is 9.25. The molecule has 8 heteroatoms. The zero-order valence-electron chi connectivity index (χ0n) is 13.0. The van der Waals surface area contributed by atoms with Crippen LogP contribution in [0.25, 0.3) is 0 Å². The molecule has 1 aliphatic rings. The van der Waals surface area contributed by atoms with E-state index in [0.29, 0.717) is 16.0 Å². The molecule has 1 aliphatic heterocycles. The van der Waals surface area contributed by atoms with Crippen molar-refractivity contribution in [2.45, 2.75) is 18.5 Å². The third-order valence-corrected chi connectivity index (χ3v) is 5.52. The van der Waals surface area contributed by atoms with E-state index < -0.39 is 0 Å². The minimum atomic E-state index is 0.0120. The highest BCUT2D eigenvalue weighted by Crippen LogP contribution is 2.39. The molecule has 0 fully saturated rings. The monoisotopic (exact) mass is 437 g/mol. The number of benzene rings is 2. The van der Waals surface area contributed by atoms with Gasteiger partial charge in [-0.3, -0.25) is 0 Å². The van der Waals surface area contributed by atoms with E-state index in [-0.39, 0.29) is 18.0 Å². The van der Waals surface area contributed by atoms with Crippen molar-refractivity contribution in [1.29, 1.82) is 0 Å². The summed E-state index contributed by atoms with van der Waals surface area (Å²) < 4.78 is 2.86. The number of nitrogens with two attached hydrogens (primary N) is 1. The molecule has 2 atom stereocenters. The summed E-state index contributed by atoms with van der Waals surface area (Å²) in [5.74, 6) is 0.891. The van der Waals surface area contributed by atoms with Crippen LogP contribution in [0, 0.1) is 0 Å². The zero-order chi connectivity index (χ0) is 17.6. The van der Waals surface area contributed by atoms with Crippen molar-refractivity contribution in [2.75, 3.05) is 11.1 Å². The summed E-state index contributed by atoms with van der Waals surface area (Å²) in [4.78, 5) is 4.31. The van der Waals surface area contributed by atoms with Gasteiger partial charge in [-0.2, -0.15) is 4.98 Å². The van der Waals surface area contributed by atoms with Crippen molar-refractivity contribution in [3.8, 4) is 0 Å². The molecule has 128 valence electrons. The maximum Gasteiger partial charge on any atom is 0.241 e. The van der Waals surface area contributed by atoms with Gasteiger partial charge in [0.25, 0.3) is 0 Å². The van der Waals surface area contributed by atoms with Crippen molar-refractivity contribution in [3.63, 3.8) is 0 Å². The second-order valence-electron chi connectivity index (χ2n) is 5.92. The highest BCUT2D eigenvalue weighted by Gasteiger charge is 2.31. The molecule has 3 N–H and O–H groups in total. The maximum atomic E-state index is 6.19. The standard InChI is InChI=1S/C17H14BrCl2N5/c18-11-3-1-2-10(6-11)15-8-14(9-4-5-12(19)13(20)7-9)22-17-23-16(21)24-25(15)17/h1-7,14-15H,8H2,(H3,21,22,23,24)/t14-,15-/m1/s1. The van der Waals surface area contributed by atoms with Gasteiger partial charge in [0.05, 0.1) is 22.1 Å². The topological polar surface area (TPSA) is 68.8 Å². The molecule has 0 saturated heterocycles. The molecule has 25 heavy (non-hydrogen) atoms. The number of nitrogens with one attached hydrogen (secondary N) is 1. The van der Waals surface area contributed by atoms with Crippen LogP contribution in [0.5, 0.6) is 0 Å². The first-order valence-electron chi connectivity index (χ1n) is 7.70. The number of hydrogen-bond donors (Lipinski definition) is 2. The lowest BCUT2D eigenvalue weighted by Gasteiger charge is -2.32. The Morgan fingerprint density at radius 2 is 1.96 bits per heavy atom. The second kappa shape index (κ2) is 6.52. The van der Waals surface area contributed by atoms with Crippen LogP contribution in [-0.2, 0) is 0 Å². The largest absolute Gasteiger partial charge is 0.366 e. The quantitative estimate of drug-likeness (QED) is 0.585. The number of aromatic nitrogens is 3. The molecule has 0 unspecified atom stereocenters. The average molecular weight is 439 g/mol. The van der Waals surface area contributed by atoms with Gasteiger partial charge in [0.2, 0.25) is 11.9 Å². The van der Waals surface area contributed by atoms with Crippen LogP contribution in [0.4, 0.5) is 11.9 Å². The summed E-state index contributed by atoms with van der Waals surface area (Å²) in [6.45, 7) is 0. The smallest absolute Gasteiger partial charge is 0.241 e. The zero-order valence-corrected chi connectivity index (χ0v) is 16.1. The van der Waals surface area contributed by atoms with Crippen LogP contribution >= 0.6 is 39.1 Å². The Balaban J connectivity index is 1.77. The SMILES string of the molecule is Nc1nc2n(n1)[C@@H](c1cccc(Br)c1)C[C@H](c1ccc(Cl)c(Cl)c1)N2. The van der Waals surface area contributed by atoms with Gasteiger partial charge >= 0.3 is 0 Å². The van der Waals surface area contributed by atoms with Crippen molar-refractivity contribution in [3.05, 3.63) is 68.1 Å². The van der Waals surface area contributed by atoms with E-state index in [1.807, 2.05) is 35.0 Å². The molecule has 2 heterocycles. The first kappa shape index (κ1) is 16.7. The maximum absolute atomic E-state index is 6.19. The van der Waals surface area contributed by atoms with Gasteiger partial charge < -0.3 is 11.1 Å². The highest BCUT2D eigenvalue weighted by atomic mass is 79.9. The normalized spacial score (nSPS) is 19.3. The van der Waals surface area contributed by atoms with Crippen molar-refractivity contribution < 1.29 is 0 Å². The summed E-state index contributed by atoms with van der Waals surface area (Å²) in [6, 6.07) is 13.9. The molecule has 0 saturated carbocycles. The summed E-state index contributed by atoms with van der Waals surface area (Å²) >= 11 is 15.8. The van der Waals surface area contributed by atoms with Crippen LogP contribution in [-0.4, -0.2) is 14.8 Å². The van der Waals surface area contributed by atoms with Gasteiger partial charge in [-0.15, -0.1) is 5.10 Å². The van der Waals surface area contributed by atoms with Crippen molar-refractivity contribution in [2.24, 2.45) is 0 Å². The minimum Gasteiger partial charge on any atom is -0.366 e. The molecule has 0 bridgehead atoms. The minimum absolute atomic E-state index is 0.0120. The van der Waals surface area contributed by atoms with Crippen molar-refractivity contribution in [1.82, 2.24) is 14.8 Å². The molecule has 0 spiro atoms. The van der Waals surface area contributed by atoms with Crippen LogP contribution in [0.1, 0.15) is 29.6 Å². The van der Waals surface area contributed by atoms with Crippen molar-refractivity contribution >= 4 is 51.0 Å². The van der Waals surface area contributed by atoms with E-state index in [1.54, 1.807) is 0 Å². The number of hydrogen-bond acceptors (Lipinski definition) is 4. The fourth-order valence-electron chi connectivity index (χ4n) is 3.13. The Morgan fingerprint density at radius 1 is 1.12 bits per heavy atom. The Hall–Kier alpha value is -1.76. The van der Waals surface area contributed by atoms with E-state index in [9.17, 15) is 0 Å². The Bertz CT molecular complexity index is 943. The number of nitrogen functional groups attached to an aromatic ring is 1. The third kappa shape index (κ3) is 3.21. The Labute approximate surface area is 163 Å². The molecular formula is C17H14BrCl2N5. The summed E-state index contributed by atoms with van der Waals surface area (Å²) in [5.41, 5.74) is 8.00. The Kier molecular flexibility index (Phi) is 4.35. The van der Waals surface area contributed by atoms with Gasteiger partial charge in [-0.05, 0) is 41.8 Å². The van der Waals surface area contributed by atoms with E-state index in [4.69, 9.17) is 28.9 Å². The van der Waals surface area contributed by atoms with E-state index in [0.717, 1.165) is 22.0 Å². The Morgan fingerprint density at radius 3 is 2.72 bits per heavy atom. The molecular weight excluding hydrogens is 425 g/mol. The van der Waals surface area contributed by atoms with Gasteiger partial charge in [-0.25, -0.2) is 4.68 Å². The molecule has 0 radical (unpaired) electrons. The van der Waals surface area contributed by atoms with Gasteiger partial charge in [0, 0.05) is 4.47 Å². The number of nitrogens with zero attached hydrogens (tertiary/aromatic N) is 3. The number of rotatable bonds is 2. The number of anilines is 2. The molecule has 2 aromatic carbocycles. The number of fused-ring (bicyclic) bond motifs is 1. The summed E-state index contributed by atoms with van der Waals surface area (Å²) in [5, 5.41) is 8.82.